The molecule has 0 saturated carbocycles. The lowest BCUT2D eigenvalue weighted by Gasteiger charge is -2.41. The average Bonchev–Trinajstić information content (AvgIpc) is 2.62. The number of carbonyl (C=O) groups is 1. The second kappa shape index (κ2) is 7.47. The van der Waals surface area contributed by atoms with Gasteiger partial charge in [0.05, 0.1) is 0 Å². The number of rotatable bonds is 4. The highest BCUT2D eigenvalue weighted by molar-refractivity contribution is 5.93. The fraction of sp³-hybridized carbons (Fsp3) is 0.316. The number of amides is 1. The van der Waals surface area contributed by atoms with Crippen LogP contribution in [0.3, 0.4) is 0 Å². The third kappa shape index (κ3) is 3.75. The number of carbonyl (C=O) groups excluding carboxylic acids is 1. The predicted octanol–water partition coefficient (Wildman–Crippen LogP) is 1.65. The molecule has 1 aliphatic rings. The largest absolute Gasteiger partial charge is 0.366 e. The number of nitrogens with zero attached hydrogens (tertiary/aromatic N) is 2. The molecule has 0 radical (unpaired) electrons. The highest BCUT2D eigenvalue weighted by Gasteiger charge is 2.25. The lowest BCUT2D eigenvalue weighted by atomic mass is 10.00. The number of nitrogen functional groups attached to an aromatic ring is 1. The fourth-order valence-corrected chi connectivity index (χ4v) is 3.29. The summed E-state index contributed by atoms with van der Waals surface area (Å²) in [5, 5.41) is 0. The maximum atomic E-state index is 11.5. The zero-order chi connectivity index (χ0) is 16.9. The summed E-state index contributed by atoms with van der Waals surface area (Å²) in [7, 11) is 2.17. The van der Waals surface area contributed by atoms with E-state index >= 15 is 0 Å². The van der Waals surface area contributed by atoms with E-state index in [0.29, 0.717) is 11.6 Å². The Hall–Kier alpha value is -2.37. The summed E-state index contributed by atoms with van der Waals surface area (Å²) < 4.78 is 0. The highest BCUT2D eigenvalue weighted by Crippen LogP contribution is 2.22. The molecule has 0 aromatic heterocycles. The van der Waals surface area contributed by atoms with Crippen molar-refractivity contribution in [2.24, 2.45) is 5.84 Å². The van der Waals surface area contributed by atoms with Gasteiger partial charge >= 0.3 is 0 Å². The number of hydrazine groups is 1. The number of nitrogens with two attached hydrogens (primary N) is 1. The van der Waals surface area contributed by atoms with Gasteiger partial charge in [0.1, 0.15) is 0 Å². The van der Waals surface area contributed by atoms with Crippen molar-refractivity contribution in [1.82, 2.24) is 10.3 Å². The van der Waals surface area contributed by atoms with Gasteiger partial charge in [-0.1, -0.05) is 30.3 Å². The van der Waals surface area contributed by atoms with Crippen molar-refractivity contribution in [3.63, 3.8) is 0 Å². The minimum atomic E-state index is -0.259. The van der Waals surface area contributed by atoms with Crippen molar-refractivity contribution in [3.05, 3.63) is 65.7 Å². The number of anilines is 1. The first-order valence-electron chi connectivity index (χ1n) is 8.27. The fourth-order valence-electron chi connectivity index (χ4n) is 3.29. The van der Waals surface area contributed by atoms with Crippen LogP contribution in [0, 0.1) is 0 Å². The van der Waals surface area contributed by atoms with E-state index in [2.05, 4.69) is 52.6 Å². The van der Waals surface area contributed by atoms with Gasteiger partial charge in [0, 0.05) is 36.9 Å². The molecule has 2 aromatic rings. The van der Waals surface area contributed by atoms with Gasteiger partial charge in [-0.2, -0.15) is 0 Å². The van der Waals surface area contributed by atoms with Crippen LogP contribution in [0.25, 0.3) is 0 Å². The van der Waals surface area contributed by atoms with E-state index in [9.17, 15) is 4.79 Å². The molecule has 126 valence electrons. The number of piperazine rings is 1. The van der Waals surface area contributed by atoms with E-state index in [1.807, 2.05) is 24.3 Å². The van der Waals surface area contributed by atoms with E-state index in [-0.39, 0.29) is 5.91 Å². The van der Waals surface area contributed by atoms with Crippen LogP contribution in [0.1, 0.15) is 15.9 Å². The Labute approximate surface area is 143 Å². The molecule has 1 aliphatic heterocycles. The van der Waals surface area contributed by atoms with Crippen LogP contribution in [0.5, 0.6) is 0 Å². The summed E-state index contributed by atoms with van der Waals surface area (Å²) >= 11 is 0. The van der Waals surface area contributed by atoms with Crippen molar-refractivity contribution < 1.29 is 4.79 Å². The number of nitrogens with one attached hydrogen (secondary N) is 1. The van der Waals surface area contributed by atoms with Crippen LogP contribution < -0.4 is 16.2 Å². The topological polar surface area (TPSA) is 61.6 Å². The molecule has 0 aliphatic carbocycles. The molecule has 1 fully saturated rings. The number of likely N-dealkylation sites (N-methyl/N-ethyl adjacent to an activating group) is 1. The zero-order valence-corrected chi connectivity index (χ0v) is 14.0. The molecule has 3 N–H and O–H groups in total. The molecule has 3 rings (SSSR count). The molecular formula is C19H24N4O. The summed E-state index contributed by atoms with van der Waals surface area (Å²) in [4.78, 5) is 16.4. The summed E-state index contributed by atoms with van der Waals surface area (Å²) in [6.07, 6.45) is 0.948. The van der Waals surface area contributed by atoms with Crippen molar-refractivity contribution in [2.75, 3.05) is 31.6 Å². The second-order valence-electron chi connectivity index (χ2n) is 6.32. The first-order chi connectivity index (χ1) is 11.7. The summed E-state index contributed by atoms with van der Waals surface area (Å²) in [6, 6.07) is 18.7. The third-order valence-corrected chi connectivity index (χ3v) is 4.59. The number of hydrogen-bond acceptors (Lipinski definition) is 4. The highest BCUT2D eigenvalue weighted by atomic mass is 16.2. The Balaban J connectivity index is 1.76. The van der Waals surface area contributed by atoms with E-state index in [4.69, 9.17) is 5.84 Å². The molecule has 5 heteroatoms. The van der Waals surface area contributed by atoms with Crippen LogP contribution in [0.15, 0.2) is 54.6 Å². The maximum Gasteiger partial charge on any atom is 0.265 e. The van der Waals surface area contributed by atoms with Gasteiger partial charge in [0.2, 0.25) is 0 Å². The smallest absolute Gasteiger partial charge is 0.265 e. The van der Waals surface area contributed by atoms with Gasteiger partial charge in [-0.15, -0.1) is 0 Å². The van der Waals surface area contributed by atoms with Gasteiger partial charge < -0.3 is 9.80 Å². The third-order valence-electron chi connectivity index (χ3n) is 4.59. The Bertz CT molecular complexity index is 672. The van der Waals surface area contributed by atoms with Crippen molar-refractivity contribution >= 4 is 11.6 Å². The minimum Gasteiger partial charge on any atom is -0.366 e. The second-order valence-corrected chi connectivity index (χ2v) is 6.32. The number of benzene rings is 2. The molecule has 1 heterocycles. The molecule has 1 unspecified atom stereocenters. The summed E-state index contributed by atoms with van der Waals surface area (Å²) in [5.41, 5.74) is 5.25. The van der Waals surface area contributed by atoms with Crippen molar-refractivity contribution in [1.29, 1.82) is 0 Å². The van der Waals surface area contributed by atoms with Gasteiger partial charge in [0.15, 0.2) is 0 Å². The normalized spacial score (nSPS) is 18.4. The van der Waals surface area contributed by atoms with E-state index in [1.54, 1.807) is 0 Å². The maximum absolute atomic E-state index is 11.5. The molecule has 24 heavy (non-hydrogen) atoms. The Morgan fingerprint density at radius 3 is 2.50 bits per heavy atom. The quantitative estimate of drug-likeness (QED) is 0.510. The monoisotopic (exact) mass is 324 g/mol. The van der Waals surface area contributed by atoms with E-state index in [0.717, 1.165) is 26.1 Å². The van der Waals surface area contributed by atoms with E-state index in [1.165, 1.54) is 11.3 Å². The van der Waals surface area contributed by atoms with Gasteiger partial charge in [-0.05, 0) is 43.3 Å². The van der Waals surface area contributed by atoms with Crippen LogP contribution in [0.4, 0.5) is 5.69 Å². The van der Waals surface area contributed by atoms with Crippen molar-refractivity contribution in [2.45, 2.75) is 12.5 Å². The molecule has 0 bridgehead atoms. The molecule has 1 atom stereocenters. The van der Waals surface area contributed by atoms with Gasteiger partial charge in [-0.3, -0.25) is 10.2 Å². The first-order valence-corrected chi connectivity index (χ1v) is 8.27. The lowest BCUT2D eigenvalue weighted by molar-refractivity contribution is 0.0953. The van der Waals surface area contributed by atoms with E-state index < -0.39 is 0 Å². The van der Waals surface area contributed by atoms with Crippen molar-refractivity contribution in [3.8, 4) is 0 Å². The molecule has 5 nitrogen and oxygen atoms in total. The van der Waals surface area contributed by atoms with Crippen LogP contribution in [-0.4, -0.2) is 43.5 Å². The zero-order valence-electron chi connectivity index (χ0n) is 14.0. The minimum absolute atomic E-state index is 0.259. The standard InChI is InChI=1S/C19H24N4O/c1-22-11-12-23(17-5-3-2-4-6-17)18(14-22)13-15-7-9-16(10-8-15)19(24)21-20/h2-10,18H,11-14,20H2,1H3,(H,21,24). The molecule has 2 aromatic carbocycles. The Kier molecular flexibility index (Phi) is 5.13. The Morgan fingerprint density at radius 2 is 1.83 bits per heavy atom. The average molecular weight is 324 g/mol. The summed E-state index contributed by atoms with van der Waals surface area (Å²) in [5.74, 6) is 4.92. The number of para-hydroxylation sites is 1. The number of hydrogen-bond donors (Lipinski definition) is 2. The first kappa shape index (κ1) is 16.5. The molecule has 1 amide bonds. The summed E-state index contributed by atoms with van der Waals surface area (Å²) in [6.45, 7) is 3.12. The Morgan fingerprint density at radius 1 is 1.12 bits per heavy atom. The molecule has 1 saturated heterocycles. The molecule has 0 spiro atoms. The van der Waals surface area contributed by atoms with Crippen LogP contribution in [-0.2, 0) is 6.42 Å². The van der Waals surface area contributed by atoms with Crippen LogP contribution in [0.2, 0.25) is 0 Å². The van der Waals surface area contributed by atoms with Gasteiger partial charge in [-0.25, -0.2) is 5.84 Å². The lowest BCUT2D eigenvalue weighted by Crippen LogP contribution is -2.53. The van der Waals surface area contributed by atoms with Crippen LogP contribution >= 0.6 is 0 Å². The van der Waals surface area contributed by atoms with Gasteiger partial charge in [0.25, 0.3) is 5.91 Å². The SMILES string of the molecule is CN1CCN(c2ccccc2)C(Cc2ccc(C(=O)NN)cc2)C1. The molecular weight excluding hydrogens is 300 g/mol. The predicted molar refractivity (Wildman–Crippen MR) is 96.9 cm³/mol.